The summed E-state index contributed by atoms with van der Waals surface area (Å²) in [5, 5.41) is 4.35. The Kier molecular flexibility index (Phi) is 6.32. The Labute approximate surface area is 119 Å². The third-order valence-corrected chi connectivity index (χ3v) is 3.24. The molecule has 1 unspecified atom stereocenters. The van der Waals surface area contributed by atoms with Gasteiger partial charge in [0.1, 0.15) is 11.7 Å². The zero-order valence-electron chi connectivity index (χ0n) is 9.74. The molecule has 0 aromatic carbocycles. The lowest BCUT2D eigenvalue weighted by atomic mass is 10.1. The number of carbonyl (C=O) groups is 2. The average molecular weight is 355 g/mol. The predicted octanol–water partition coefficient (Wildman–Crippen LogP) is 0.694. The Morgan fingerprint density at radius 3 is 2.74 bits per heavy atom. The zero-order valence-corrected chi connectivity index (χ0v) is 12.1. The largest absolute Gasteiger partial charge is 0.343 e. The second kappa shape index (κ2) is 7.51. The molecule has 0 bridgehead atoms. The van der Waals surface area contributed by atoms with E-state index in [0.29, 0.717) is 10.9 Å². The van der Waals surface area contributed by atoms with E-state index in [-0.39, 0.29) is 12.0 Å². The van der Waals surface area contributed by atoms with Gasteiger partial charge in [-0.25, -0.2) is 8.60 Å². The van der Waals surface area contributed by atoms with Gasteiger partial charge in [0.2, 0.25) is 5.91 Å². The van der Waals surface area contributed by atoms with Crippen molar-refractivity contribution in [2.24, 2.45) is 0 Å². The van der Waals surface area contributed by atoms with Crippen molar-refractivity contribution in [1.82, 2.24) is 10.6 Å². The highest BCUT2D eigenvalue weighted by Gasteiger charge is 2.18. The lowest BCUT2D eigenvalue weighted by Gasteiger charge is -2.12. The molecule has 0 aromatic rings. The number of carbonyl (C=O) groups excluding carboxylic acids is 2. The number of amides is 2. The van der Waals surface area contributed by atoms with Gasteiger partial charge in [-0.05, 0) is 17.0 Å². The summed E-state index contributed by atoms with van der Waals surface area (Å²) < 4.78 is 32.9. The molecule has 0 heterocycles. The van der Waals surface area contributed by atoms with Gasteiger partial charge >= 0.3 is 0 Å². The maximum Gasteiger partial charge on any atom is 0.254 e. The summed E-state index contributed by atoms with van der Waals surface area (Å²) in [5.41, 5.74) is -0.114. The molecule has 0 spiro atoms. The van der Waals surface area contributed by atoms with Gasteiger partial charge in [-0.3, -0.25) is 9.59 Å². The topological polar surface area (TPSA) is 95.5 Å². The van der Waals surface area contributed by atoms with Crippen molar-refractivity contribution in [2.75, 3.05) is 12.4 Å². The van der Waals surface area contributed by atoms with E-state index >= 15 is 0 Å². The van der Waals surface area contributed by atoms with Crippen molar-refractivity contribution in [1.29, 1.82) is 0 Å². The molecule has 1 atom stereocenters. The fourth-order valence-corrected chi connectivity index (χ4v) is 2.03. The molecule has 9 heteroatoms. The van der Waals surface area contributed by atoms with E-state index in [1.807, 2.05) is 0 Å². The van der Waals surface area contributed by atoms with Crippen LogP contribution in [-0.2, 0) is 20.7 Å². The molecule has 1 rings (SSSR count). The van der Waals surface area contributed by atoms with E-state index in [2.05, 4.69) is 26.6 Å². The minimum Gasteiger partial charge on any atom is -0.343 e. The van der Waals surface area contributed by atoms with Crippen molar-refractivity contribution < 1.29 is 22.7 Å². The number of rotatable bonds is 5. The van der Waals surface area contributed by atoms with Crippen LogP contribution < -0.4 is 10.6 Å². The molecule has 0 saturated carbocycles. The lowest BCUT2D eigenvalue weighted by Crippen LogP contribution is -2.38. The molecular formula is C10H12BrFN2O4S. The number of nitrogens with one attached hydrogen (secondary N) is 2. The van der Waals surface area contributed by atoms with Gasteiger partial charge in [-0.15, -0.1) is 0 Å². The van der Waals surface area contributed by atoms with Crippen LogP contribution in [0.3, 0.4) is 0 Å². The van der Waals surface area contributed by atoms with Crippen LogP contribution in [0, 0.1) is 0 Å². The summed E-state index contributed by atoms with van der Waals surface area (Å²) in [7, 11) is 0. The van der Waals surface area contributed by atoms with E-state index in [1.54, 1.807) is 0 Å². The molecular weight excluding hydrogens is 343 g/mol. The highest BCUT2D eigenvalue weighted by atomic mass is 79.9. The quantitative estimate of drug-likeness (QED) is 0.633. The minimum atomic E-state index is -2.14. The highest BCUT2D eigenvalue weighted by Crippen LogP contribution is 2.28. The third-order valence-electron chi connectivity index (χ3n) is 2.22. The first kappa shape index (κ1) is 16.0. The maximum atomic E-state index is 13.4. The fourth-order valence-electron chi connectivity index (χ4n) is 1.32. The van der Waals surface area contributed by atoms with Crippen LogP contribution in [-0.4, -0.2) is 33.0 Å². The summed E-state index contributed by atoms with van der Waals surface area (Å²) in [5.74, 6) is -2.28. The van der Waals surface area contributed by atoms with E-state index in [4.69, 9.17) is 4.55 Å². The Bertz CT molecular complexity index is 478. The zero-order chi connectivity index (χ0) is 14.4. The summed E-state index contributed by atoms with van der Waals surface area (Å²) in [4.78, 5) is 22.8. The Morgan fingerprint density at radius 1 is 1.42 bits per heavy atom. The Hall–Kier alpha value is -1.06. The first-order chi connectivity index (χ1) is 8.90. The fraction of sp³-hybridized carbons (Fsp3) is 0.400. The third kappa shape index (κ3) is 5.62. The van der Waals surface area contributed by atoms with Crippen molar-refractivity contribution in [3.05, 3.63) is 22.0 Å². The number of halogens is 2. The van der Waals surface area contributed by atoms with E-state index in [0.717, 1.165) is 0 Å². The van der Waals surface area contributed by atoms with Crippen LogP contribution in [0.25, 0.3) is 0 Å². The van der Waals surface area contributed by atoms with Crippen LogP contribution in [0.5, 0.6) is 0 Å². The van der Waals surface area contributed by atoms with Crippen molar-refractivity contribution >= 4 is 38.8 Å². The lowest BCUT2D eigenvalue weighted by molar-refractivity contribution is -0.124. The highest BCUT2D eigenvalue weighted by molar-refractivity contribution is 9.11. The normalized spacial score (nSPS) is 16.7. The second-order valence-corrected chi connectivity index (χ2v) is 5.61. The molecule has 1 aliphatic rings. The molecule has 0 fully saturated rings. The van der Waals surface area contributed by atoms with Gasteiger partial charge in [0.25, 0.3) is 5.91 Å². The van der Waals surface area contributed by atoms with Crippen LogP contribution in [0.4, 0.5) is 4.39 Å². The van der Waals surface area contributed by atoms with Gasteiger partial charge in [-0.2, -0.15) is 0 Å². The van der Waals surface area contributed by atoms with E-state index < -0.39 is 41.1 Å². The minimum absolute atomic E-state index is 0.114. The number of hydrogen-bond donors (Lipinski definition) is 3. The maximum absolute atomic E-state index is 13.4. The number of hydrogen-bond acceptors (Lipinski definition) is 3. The first-order valence-corrected chi connectivity index (χ1v) is 7.34. The van der Waals surface area contributed by atoms with Crippen LogP contribution in [0.1, 0.15) is 12.8 Å². The van der Waals surface area contributed by atoms with Gasteiger partial charge in [0.15, 0.2) is 11.1 Å². The van der Waals surface area contributed by atoms with Gasteiger partial charge < -0.3 is 15.2 Å². The Balaban J connectivity index is 2.48. The molecule has 2 amide bonds. The van der Waals surface area contributed by atoms with Gasteiger partial charge in [-0.1, -0.05) is 15.9 Å². The van der Waals surface area contributed by atoms with E-state index in [1.165, 1.54) is 6.08 Å². The van der Waals surface area contributed by atoms with Gasteiger partial charge in [0, 0.05) is 6.42 Å². The SMILES string of the molecule is O=C(CNC(=O)C1=C(F)CCC(Br)=C1)NCS(=O)O. The van der Waals surface area contributed by atoms with E-state index in [9.17, 15) is 18.2 Å². The molecule has 106 valence electrons. The molecule has 6 nitrogen and oxygen atoms in total. The molecule has 0 aliphatic heterocycles. The molecule has 0 saturated heterocycles. The summed E-state index contributed by atoms with van der Waals surface area (Å²) in [6, 6.07) is 0. The first-order valence-electron chi connectivity index (χ1n) is 5.27. The Morgan fingerprint density at radius 2 is 2.11 bits per heavy atom. The standard InChI is InChI=1S/C10H12BrFN2O4S/c11-6-1-2-8(12)7(3-6)10(16)13-4-9(15)14-5-19(17)18/h3H,1-2,4-5H2,(H,13,16)(H,14,15)(H,17,18). The van der Waals surface area contributed by atoms with Crippen molar-refractivity contribution in [2.45, 2.75) is 12.8 Å². The summed E-state index contributed by atoms with van der Waals surface area (Å²) in [6.07, 6.45) is 2.00. The van der Waals surface area contributed by atoms with Crippen LogP contribution in [0.15, 0.2) is 22.0 Å². The molecule has 19 heavy (non-hydrogen) atoms. The van der Waals surface area contributed by atoms with Gasteiger partial charge in [0.05, 0.1) is 12.1 Å². The molecule has 0 aromatic heterocycles. The smallest absolute Gasteiger partial charge is 0.254 e. The van der Waals surface area contributed by atoms with Crippen LogP contribution >= 0.6 is 15.9 Å². The predicted molar refractivity (Wildman–Crippen MR) is 71.2 cm³/mol. The van der Waals surface area contributed by atoms with Crippen LogP contribution in [0.2, 0.25) is 0 Å². The molecule has 0 radical (unpaired) electrons. The second-order valence-electron chi connectivity index (χ2n) is 3.66. The summed E-state index contributed by atoms with van der Waals surface area (Å²) in [6.45, 7) is -0.391. The van der Waals surface area contributed by atoms with Crippen molar-refractivity contribution in [3.63, 3.8) is 0 Å². The van der Waals surface area contributed by atoms with Crippen molar-refractivity contribution in [3.8, 4) is 0 Å². The molecule has 1 aliphatic carbocycles. The average Bonchev–Trinajstić information content (AvgIpc) is 2.36. The number of allylic oxidation sites excluding steroid dienone is 2. The monoisotopic (exact) mass is 354 g/mol. The summed E-state index contributed by atoms with van der Waals surface area (Å²) >= 11 is 1.04. The molecule has 3 N–H and O–H groups in total.